The Morgan fingerprint density at radius 1 is 1.42 bits per heavy atom. The van der Waals surface area contributed by atoms with Crippen molar-refractivity contribution in [1.29, 1.82) is 0 Å². The Morgan fingerprint density at radius 2 is 2.05 bits per heavy atom. The number of nitrogens with zero attached hydrogens (tertiary/aromatic N) is 2. The van der Waals surface area contributed by atoms with Crippen molar-refractivity contribution >= 4 is 17.6 Å². The second-order valence-corrected chi connectivity index (χ2v) is 5.31. The molecule has 0 unspecified atom stereocenters. The molecule has 0 spiro atoms. The van der Waals surface area contributed by atoms with E-state index >= 15 is 0 Å². The SMILES string of the molecule is COC(=O)c1c(NC(C)C)nn(CCC(C)C)c1N. The molecule has 0 atom stereocenters. The predicted octanol–water partition coefficient (Wildman–Crippen LogP) is 2.12. The Hall–Kier alpha value is -1.72. The summed E-state index contributed by atoms with van der Waals surface area (Å²) in [4.78, 5) is 11.8. The van der Waals surface area contributed by atoms with Gasteiger partial charge in [0, 0.05) is 12.6 Å². The normalized spacial score (nSPS) is 11.1. The number of nitrogen functional groups attached to an aromatic ring is 1. The van der Waals surface area contributed by atoms with Crippen molar-refractivity contribution in [2.75, 3.05) is 18.2 Å². The topological polar surface area (TPSA) is 82.2 Å². The van der Waals surface area contributed by atoms with E-state index in [2.05, 4.69) is 24.3 Å². The highest BCUT2D eigenvalue weighted by Gasteiger charge is 2.23. The number of aromatic nitrogens is 2. The van der Waals surface area contributed by atoms with Crippen LogP contribution in [-0.4, -0.2) is 28.9 Å². The first kappa shape index (κ1) is 15.3. The van der Waals surface area contributed by atoms with E-state index in [4.69, 9.17) is 10.5 Å². The van der Waals surface area contributed by atoms with Gasteiger partial charge in [0.15, 0.2) is 5.82 Å². The van der Waals surface area contributed by atoms with Crippen LogP contribution >= 0.6 is 0 Å². The van der Waals surface area contributed by atoms with Gasteiger partial charge in [-0.25, -0.2) is 9.48 Å². The maximum atomic E-state index is 11.8. The van der Waals surface area contributed by atoms with Gasteiger partial charge in [-0.1, -0.05) is 13.8 Å². The van der Waals surface area contributed by atoms with Crippen molar-refractivity contribution < 1.29 is 9.53 Å². The second-order valence-electron chi connectivity index (χ2n) is 5.31. The molecule has 19 heavy (non-hydrogen) atoms. The van der Waals surface area contributed by atoms with Crippen LogP contribution in [-0.2, 0) is 11.3 Å². The van der Waals surface area contributed by atoms with E-state index in [-0.39, 0.29) is 6.04 Å². The molecule has 108 valence electrons. The van der Waals surface area contributed by atoms with Crippen molar-refractivity contribution in [3.05, 3.63) is 5.56 Å². The summed E-state index contributed by atoms with van der Waals surface area (Å²) in [5.74, 6) is 0.932. The van der Waals surface area contributed by atoms with Crippen LogP contribution in [0.3, 0.4) is 0 Å². The Kier molecular flexibility index (Phi) is 5.20. The molecule has 0 bridgehead atoms. The first-order valence-electron chi connectivity index (χ1n) is 6.57. The average Bonchev–Trinajstić information content (AvgIpc) is 2.61. The Balaban J connectivity index is 3.07. The average molecular weight is 268 g/mol. The quantitative estimate of drug-likeness (QED) is 0.772. The highest BCUT2D eigenvalue weighted by Crippen LogP contribution is 2.24. The van der Waals surface area contributed by atoms with E-state index in [9.17, 15) is 4.79 Å². The van der Waals surface area contributed by atoms with Crippen LogP contribution in [0, 0.1) is 5.92 Å². The molecule has 1 heterocycles. The Morgan fingerprint density at radius 3 is 2.53 bits per heavy atom. The summed E-state index contributed by atoms with van der Waals surface area (Å²) in [7, 11) is 1.34. The number of methoxy groups -OCH3 is 1. The maximum Gasteiger partial charge on any atom is 0.345 e. The van der Waals surface area contributed by atoms with Crippen LogP contribution in [0.25, 0.3) is 0 Å². The molecular formula is C13H24N4O2. The fraction of sp³-hybridized carbons (Fsp3) is 0.692. The number of esters is 1. The Bertz CT molecular complexity index is 438. The molecule has 1 aromatic rings. The number of carbonyl (C=O) groups excluding carboxylic acids is 1. The van der Waals surface area contributed by atoms with Gasteiger partial charge < -0.3 is 15.8 Å². The van der Waals surface area contributed by atoms with E-state index in [1.54, 1.807) is 4.68 Å². The number of ether oxygens (including phenoxy) is 1. The minimum Gasteiger partial charge on any atom is -0.465 e. The van der Waals surface area contributed by atoms with Gasteiger partial charge in [-0.05, 0) is 26.2 Å². The molecule has 0 radical (unpaired) electrons. The fourth-order valence-corrected chi connectivity index (χ4v) is 1.70. The van der Waals surface area contributed by atoms with E-state index < -0.39 is 5.97 Å². The molecule has 0 aromatic carbocycles. The number of rotatable bonds is 6. The van der Waals surface area contributed by atoms with Crippen LogP contribution in [0.2, 0.25) is 0 Å². The molecule has 6 nitrogen and oxygen atoms in total. The van der Waals surface area contributed by atoms with E-state index in [0.29, 0.717) is 29.7 Å². The molecule has 0 aliphatic carbocycles. The van der Waals surface area contributed by atoms with Crippen molar-refractivity contribution in [2.24, 2.45) is 5.92 Å². The molecule has 6 heteroatoms. The van der Waals surface area contributed by atoms with Crippen molar-refractivity contribution in [2.45, 2.75) is 46.7 Å². The maximum absolute atomic E-state index is 11.8. The number of aryl methyl sites for hydroxylation is 1. The lowest BCUT2D eigenvalue weighted by Gasteiger charge is -2.07. The Labute approximate surface area is 114 Å². The lowest BCUT2D eigenvalue weighted by Crippen LogP contribution is -2.14. The minimum atomic E-state index is -0.462. The highest BCUT2D eigenvalue weighted by molar-refractivity contribution is 5.99. The van der Waals surface area contributed by atoms with Crippen LogP contribution in [0.5, 0.6) is 0 Å². The zero-order valence-electron chi connectivity index (χ0n) is 12.4. The van der Waals surface area contributed by atoms with Gasteiger partial charge in [0.05, 0.1) is 7.11 Å². The number of carbonyl (C=O) groups is 1. The van der Waals surface area contributed by atoms with Crippen LogP contribution in [0.4, 0.5) is 11.6 Å². The highest BCUT2D eigenvalue weighted by atomic mass is 16.5. The standard InChI is InChI=1S/C13H24N4O2/c1-8(2)6-7-17-11(14)10(13(18)19-5)12(16-17)15-9(3)4/h8-9H,6-7,14H2,1-5H3,(H,15,16). The summed E-state index contributed by atoms with van der Waals surface area (Å²) in [6, 6.07) is 0.163. The molecule has 0 aliphatic heterocycles. The molecule has 0 saturated carbocycles. The molecule has 1 aromatic heterocycles. The van der Waals surface area contributed by atoms with Gasteiger partial charge >= 0.3 is 5.97 Å². The fourth-order valence-electron chi connectivity index (χ4n) is 1.70. The largest absolute Gasteiger partial charge is 0.465 e. The summed E-state index contributed by atoms with van der Waals surface area (Å²) < 4.78 is 6.43. The summed E-state index contributed by atoms with van der Waals surface area (Å²) in [5.41, 5.74) is 6.32. The summed E-state index contributed by atoms with van der Waals surface area (Å²) in [5, 5.41) is 7.50. The van der Waals surface area contributed by atoms with E-state index in [0.717, 1.165) is 6.42 Å². The lowest BCUT2D eigenvalue weighted by molar-refractivity contribution is 0.0603. The predicted molar refractivity (Wildman–Crippen MR) is 76.2 cm³/mol. The van der Waals surface area contributed by atoms with Crippen molar-refractivity contribution in [1.82, 2.24) is 9.78 Å². The third kappa shape index (κ3) is 3.87. The third-order valence-electron chi connectivity index (χ3n) is 2.72. The number of nitrogens with two attached hydrogens (primary N) is 1. The van der Waals surface area contributed by atoms with E-state index in [1.165, 1.54) is 7.11 Å². The summed E-state index contributed by atoms with van der Waals surface area (Å²) in [6.45, 7) is 8.91. The zero-order chi connectivity index (χ0) is 14.6. The van der Waals surface area contributed by atoms with Crippen LogP contribution < -0.4 is 11.1 Å². The number of nitrogens with one attached hydrogen (secondary N) is 1. The number of hydrogen-bond acceptors (Lipinski definition) is 5. The van der Waals surface area contributed by atoms with Gasteiger partial charge in [0.25, 0.3) is 0 Å². The molecule has 1 rings (SSSR count). The monoisotopic (exact) mass is 268 g/mol. The lowest BCUT2D eigenvalue weighted by atomic mass is 10.1. The van der Waals surface area contributed by atoms with Gasteiger partial charge in [-0.3, -0.25) is 0 Å². The van der Waals surface area contributed by atoms with Gasteiger partial charge in [-0.2, -0.15) is 5.10 Å². The third-order valence-corrected chi connectivity index (χ3v) is 2.72. The number of hydrogen-bond donors (Lipinski definition) is 2. The summed E-state index contributed by atoms with van der Waals surface area (Å²) in [6.07, 6.45) is 0.952. The van der Waals surface area contributed by atoms with Gasteiger partial charge in [-0.15, -0.1) is 0 Å². The smallest absolute Gasteiger partial charge is 0.345 e. The van der Waals surface area contributed by atoms with E-state index in [1.807, 2.05) is 13.8 Å². The van der Waals surface area contributed by atoms with Gasteiger partial charge in [0.2, 0.25) is 0 Å². The first-order chi connectivity index (χ1) is 8.86. The minimum absolute atomic E-state index is 0.163. The first-order valence-corrected chi connectivity index (χ1v) is 6.57. The molecule has 0 amide bonds. The molecule has 0 fully saturated rings. The van der Waals surface area contributed by atoms with Gasteiger partial charge in [0.1, 0.15) is 11.4 Å². The van der Waals surface area contributed by atoms with Crippen molar-refractivity contribution in [3.63, 3.8) is 0 Å². The molecule has 0 aliphatic rings. The number of anilines is 2. The molecule has 3 N–H and O–H groups in total. The van der Waals surface area contributed by atoms with Crippen LogP contribution in [0.15, 0.2) is 0 Å². The molecular weight excluding hydrogens is 244 g/mol. The zero-order valence-corrected chi connectivity index (χ0v) is 12.4. The molecule has 0 saturated heterocycles. The van der Waals surface area contributed by atoms with Crippen LogP contribution in [0.1, 0.15) is 44.5 Å². The van der Waals surface area contributed by atoms with Crippen molar-refractivity contribution in [3.8, 4) is 0 Å². The summed E-state index contributed by atoms with van der Waals surface area (Å²) >= 11 is 0. The second kappa shape index (κ2) is 6.45.